The normalized spacial score (nSPS) is 16.7. The second-order valence-corrected chi connectivity index (χ2v) is 7.93. The van der Waals surface area contributed by atoms with Gasteiger partial charge >= 0.3 is 5.97 Å². The zero-order valence-corrected chi connectivity index (χ0v) is 14.1. The van der Waals surface area contributed by atoms with Crippen molar-refractivity contribution >= 4 is 26.8 Å². The van der Waals surface area contributed by atoms with Crippen LogP contribution in [0.4, 0.5) is 0 Å². The summed E-state index contributed by atoms with van der Waals surface area (Å²) in [6.45, 7) is 3.34. The molecule has 1 heterocycles. The first kappa shape index (κ1) is 16.9. The minimum atomic E-state index is -3.80. The lowest BCUT2D eigenvalue weighted by molar-refractivity contribution is -0.110. The van der Waals surface area contributed by atoms with Gasteiger partial charge < -0.3 is 9.84 Å². The van der Waals surface area contributed by atoms with Gasteiger partial charge in [0.25, 0.3) is 0 Å². The predicted octanol–water partition coefficient (Wildman–Crippen LogP) is 2.24. The summed E-state index contributed by atoms with van der Waals surface area (Å²) in [6, 6.07) is 9.55. The molecule has 1 saturated heterocycles. The maximum absolute atomic E-state index is 12.6. The van der Waals surface area contributed by atoms with Gasteiger partial charge in [-0.2, -0.15) is 0 Å². The monoisotopic (exact) mass is 349 g/mol. The van der Waals surface area contributed by atoms with E-state index in [-0.39, 0.29) is 22.4 Å². The van der Waals surface area contributed by atoms with Crippen LogP contribution in [0.5, 0.6) is 0 Å². The summed E-state index contributed by atoms with van der Waals surface area (Å²) in [5.41, 5.74) is -0.190. The fourth-order valence-corrected chi connectivity index (χ4v) is 3.99. The fourth-order valence-electron chi connectivity index (χ4n) is 2.77. The second kappa shape index (κ2) is 6.16. The van der Waals surface area contributed by atoms with E-state index in [1.54, 1.807) is 24.3 Å². The Balaban J connectivity index is 1.97. The molecule has 0 atom stereocenters. The van der Waals surface area contributed by atoms with Crippen LogP contribution in [-0.4, -0.2) is 39.3 Å². The summed E-state index contributed by atoms with van der Waals surface area (Å²) >= 11 is 0. The molecule has 0 bridgehead atoms. The Kier molecular flexibility index (Phi) is 4.33. The molecule has 0 radical (unpaired) electrons. The molecule has 2 aromatic rings. The summed E-state index contributed by atoms with van der Waals surface area (Å²) in [5.74, 6) is -1.15. The molecule has 0 aliphatic carbocycles. The molecule has 6 nitrogen and oxygen atoms in total. The smallest absolute Gasteiger partial charge is 0.336 e. The van der Waals surface area contributed by atoms with Crippen molar-refractivity contribution in [3.05, 3.63) is 42.0 Å². The molecule has 0 unspecified atom stereocenters. The number of rotatable bonds is 6. The van der Waals surface area contributed by atoms with Gasteiger partial charge in [-0.15, -0.1) is 0 Å². The minimum absolute atomic E-state index is 0.0225. The third-order valence-corrected chi connectivity index (χ3v) is 5.96. The lowest BCUT2D eigenvalue weighted by Gasteiger charge is -2.40. The van der Waals surface area contributed by atoms with Crippen molar-refractivity contribution in [3.63, 3.8) is 0 Å². The van der Waals surface area contributed by atoms with Gasteiger partial charge in [-0.05, 0) is 29.3 Å². The van der Waals surface area contributed by atoms with Gasteiger partial charge in [0.2, 0.25) is 10.0 Å². The summed E-state index contributed by atoms with van der Waals surface area (Å²) < 4.78 is 33.0. The highest BCUT2D eigenvalue weighted by molar-refractivity contribution is 7.89. The first-order chi connectivity index (χ1) is 11.4. The Hall–Kier alpha value is -1.96. The largest absolute Gasteiger partial charge is 0.478 e. The Bertz CT molecular complexity index is 881. The van der Waals surface area contributed by atoms with Crippen LogP contribution in [0.1, 0.15) is 23.7 Å². The van der Waals surface area contributed by atoms with Gasteiger partial charge in [0.1, 0.15) is 0 Å². The molecule has 2 N–H and O–H groups in total. The van der Waals surface area contributed by atoms with E-state index in [0.717, 1.165) is 6.42 Å². The Morgan fingerprint density at radius 2 is 2.00 bits per heavy atom. The molecular weight excluding hydrogens is 330 g/mol. The van der Waals surface area contributed by atoms with Gasteiger partial charge in [0.15, 0.2) is 0 Å². The number of carbonyl (C=O) groups is 1. The average molecular weight is 349 g/mol. The van der Waals surface area contributed by atoms with Crippen LogP contribution in [0.3, 0.4) is 0 Å². The summed E-state index contributed by atoms with van der Waals surface area (Å²) in [6.07, 6.45) is 0.813. The van der Waals surface area contributed by atoms with Crippen molar-refractivity contribution in [1.82, 2.24) is 4.72 Å². The van der Waals surface area contributed by atoms with Gasteiger partial charge in [-0.1, -0.05) is 31.2 Å². The molecule has 1 aliphatic heterocycles. The third kappa shape index (κ3) is 3.02. The molecule has 24 heavy (non-hydrogen) atoms. The van der Waals surface area contributed by atoms with E-state index >= 15 is 0 Å². The van der Waals surface area contributed by atoms with Crippen LogP contribution in [0, 0.1) is 5.41 Å². The van der Waals surface area contributed by atoms with E-state index in [0.29, 0.717) is 24.0 Å². The molecular formula is C17H19NO5S. The standard InChI is InChI=1S/C17H19NO5S/c1-2-17(10-23-11-17)9-18-24(21,22)13-7-12-5-3-4-6-14(12)15(8-13)16(19)20/h3-8,18H,2,9-11H2,1H3,(H,19,20). The molecule has 0 saturated carbocycles. The van der Waals surface area contributed by atoms with Crippen LogP contribution < -0.4 is 4.72 Å². The number of ether oxygens (including phenoxy) is 1. The van der Waals surface area contributed by atoms with Crippen molar-refractivity contribution in [2.24, 2.45) is 5.41 Å². The Morgan fingerprint density at radius 3 is 2.58 bits per heavy atom. The topological polar surface area (TPSA) is 92.7 Å². The highest BCUT2D eigenvalue weighted by Gasteiger charge is 2.37. The maximum atomic E-state index is 12.6. The number of aromatic carboxylic acids is 1. The minimum Gasteiger partial charge on any atom is -0.478 e. The quantitative estimate of drug-likeness (QED) is 0.834. The lowest BCUT2D eigenvalue weighted by atomic mass is 9.83. The summed E-state index contributed by atoms with van der Waals surface area (Å²) in [5, 5.41) is 10.5. The van der Waals surface area contributed by atoms with Crippen molar-refractivity contribution in [2.75, 3.05) is 19.8 Å². The van der Waals surface area contributed by atoms with Gasteiger partial charge in [-0.25, -0.2) is 17.9 Å². The van der Waals surface area contributed by atoms with E-state index in [1.165, 1.54) is 12.1 Å². The highest BCUT2D eigenvalue weighted by Crippen LogP contribution is 2.31. The molecule has 3 rings (SSSR count). The van der Waals surface area contributed by atoms with Crippen LogP contribution in [0.15, 0.2) is 41.3 Å². The van der Waals surface area contributed by atoms with Crippen LogP contribution >= 0.6 is 0 Å². The van der Waals surface area contributed by atoms with Crippen LogP contribution in [-0.2, 0) is 14.8 Å². The van der Waals surface area contributed by atoms with Crippen LogP contribution in [0.2, 0.25) is 0 Å². The highest BCUT2D eigenvalue weighted by atomic mass is 32.2. The number of hydrogen-bond donors (Lipinski definition) is 2. The van der Waals surface area contributed by atoms with Gasteiger partial charge in [-0.3, -0.25) is 0 Å². The molecule has 7 heteroatoms. The zero-order chi connectivity index (χ0) is 17.4. The molecule has 1 fully saturated rings. The third-order valence-electron chi connectivity index (χ3n) is 4.58. The predicted molar refractivity (Wildman–Crippen MR) is 89.6 cm³/mol. The first-order valence-corrected chi connectivity index (χ1v) is 9.19. The molecule has 1 aliphatic rings. The SMILES string of the molecule is CCC1(CNS(=O)(=O)c2cc(C(=O)O)c3ccccc3c2)COC1. The van der Waals surface area contributed by atoms with Gasteiger partial charge in [0, 0.05) is 12.0 Å². The number of sulfonamides is 1. The first-order valence-electron chi connectivity index (χ1n) is 7.70. The van der Waals surface area contributed by atoms with Gasteiger partial charge in [0.05, 0.1) is 23.7 Å². The van der Waals surface area contributed by atoms with E-state index in [1.807, 2.05) is 6.92 Å². The van der Waals surface area contributed by atoms with E-state index in [4.69, 9.17) is 4.74 Å². The van der Waals surface area contributed by atoms with E-state index in [9.17, 15) is 18.3 Å². The lowest BCUT2D eigenvalue weighted by Crippen LogP contribution is -2.50. The number of carboxylic acid groups (broad SMARTS) is 1. The van der Waals surface area contributed by atoms with E-state index in [2.05, 4.69) is 4.72 Å². The number of carboxylic acids is 1. The van der Waals surface area contributed by atoms with Crippen LogP contribution in [0.25, 0.3) is 10.8 Å². The van der Waals surface area contributed by atoms with Crippen molar-refractivity contribution in [1.29, 1.82) is 0 Å². The number of nitrogens with one attached hydrogen (secondary N) is 1. The summed E-state index contributed by atoms with van der Waals surface area (Å²) in [4.78, 5) is 11.4. The fraction of sp³-hybridized carbons (Fsp3) is 0.353. The molecule has 0 spiro atoms. The Morgan fingerprint density at radius 1 is 1.29 bits per heavy atom. The number of benzene rings is 2. The summed E-state index contributed by atoms with van der Waals surface area (Å²) in [7, 11) is -3.80. The average Bonchev–Trinajstić information content (AvgIpc) is 2.53. The number of fused-ring (bicyclic) bond motifs is 1. The molecule has 0 amide bonds. The molecule has 128 valence electrons. The molecule has 2 aromatic carbocycles. The van der Waals surface area contributed by atoms with Crippen molar-refractivity contribution < 1.29 is 23.1 Å². The maximum Gasteiger partial charge on any atom is 0.336 e. The number of hydrogen-bond acceptors (Lipinski definition) is 4. The Labute approximate surface area is 140 Å². The van der Waals surface area contributed by atoms with Crippen molar-refractivity contribution in [2.45, 2.75) is 18.2 Å². The zero-order valence-electron chi connectivity index (χ0n) is 13.3. The molecule has 0 aromatic heterocycles. The van der Waals surface area contributed by atoms with E-state index < -0.39 is 16.0 Å². The second-order valence-electron chi connectivity index (χ2n) is 6.17. The van der Waals surface area contributed by atoms with Crippen molar-refractivity contribution in [3.8, 4) is 0 Å².